The lowest BCUT2D eigenvalue weighted by Gasteiger charge is -2.50. The fraction of sp³-hybridized carbons (Fsp3) is 0.962. The van der Waals surface area contributed by atoms with Crippen molar-refractivity contribution in [1.29, 1.82) is 5.26 Å². The van der Waals surface area contributed by atoms with E-state index in [0.717, 1.165) is 49.1 Å². The number of aliphatic hydroxyl groups is 1. The smallest absolute Gasteiger partial charge is 0.104 e. The van der Waals surface area contributed by atoms with Crippen molar-refractivity contribution in [2.45, 2.75) is 96.0 Å². The summed E-state index contributed by atoms with van der Waals surface area (Å²) in [5.41, 5.74) is 3.76. The molecule has 6 heteroatoms. The minimum absolute atomic E-state index is 0.189. The lowest BCUT2D eigenvalue weighted by Crippen LogP contribution is -2.59. The van der Waals surface area contributed by atoms with Crippen LogP contribution < -0.4 is 16.1 Å². The summed E-state index contributed by atoms with van der Waals surface area (Å²) in [6, 6.07) is 4.44. The molecule has 6 nitrogen and oxygen atoms in total. The molecule has 3 aliphatic heterocycles. The van der Waals surface area contributed by atoms with E-state index in [1.807, 2.05) is 0 Å². The van der Waals surface area contributed by atoms with Gasteiger partial charge in [0.25, 0.3) is 0 Å². The molecule has 0 radical (unpaired) electrons. The first-order valence-corrected chi connectivity index (χ1v) is 13.4. The zero-order valence-corrected chi connectivity index (χ0v) is 20.4. The van der Waals surface area contributed by atoms with Crippen LogP contribution in [0.2, 0.25) is 0 Å². The SMILES string of the molecule is CN1NC(C2CCC(C(C)(C)C#N)CC2)C2C3CC(C4CCC(O)NC4)CCC3NCC21. The number of aliphatic hydroxyl groups excluding tert-OH is 1. The summed E-state index contributed by atoms with van der Waals surface area (Å²) in [6.45, 7) is 6.37. The molecule has 2 aliphatic carbocycles. The van der Waals surface area contributed by atoms with Crippen LogP contribution in [0.4, 0.5) is 0 Å². The van der Waals surface area contributed by atoms with Crippen molar-refractivity contribution in [3.05, 3.63) is 0 Å². The van der Waals surface area contributed by atoms with E-state index in [-0.39, 0.29) is 11.6 Å². The summed E-state index contributed by atoms with van der Waals surface area (Å²) in [4.78, 5) is 0. The molecular weight excluding hydrogens is 398 g/mol. The average Bonchev–Trinajstić information content (AvgIpc) is 3.16. The second kappa shape index (κ2) is 9.15. The first-order chi connectivity index (χ1) is 15.4. The molecule has 0 aromatic rings. The number of hydrazine groups is 1. The van der Waals surface area contributed by atoms with Gasteiger partial charge in [-0.15, -0.1) is 0 Å². The van der Waals surface area contributed by atoms with Crippen molar-refractivity contribution in [3.8, 4) is 6.07 Å². The van der Waals surface area contributed by atoms with Gasteiger partial charge in [-0.05, 0) is 107 Å². The minimum atomic E-state index is -0.290. The van der Waals surface area contributed by atoms with Gasteiger partial charge in [-0.25, -0.2) is 5.01 Å². The van der Waals surface area contributed by atoms with Crippen LogP contribution in [0.25, 0.3) is 0 Å². The summed E-state index contributed by atoms with van der Waals surface area (Å²) in [5, 5.41) is 29.2. The van der Waals surface area contributed by atoms with Gasteiger partial charge in [0, 0.05) is 38.3 Å². The molecular formula is C26H45N5O. The lowest BCUT2D eigenvalue weighted by atomic mass is 9.60. The van der Waals surface area contributed by atoms with Crippen LogP contribution in [0.3, 0.4) is 0 Å². The van der Waals surface area contributed by atoms with Gasteiger partial charge in [0.1, 0.15) is 6.23 Å². The van der Waals surface area contributed by atoms with E-state index in [4.69, 9.17) is 0 Å². The standard InChI is InChI=1S/C26H45N5O/c1-26(2,15-27)19-8-4-16(5-9-19)25-24-20-12-17(18-7-11-23(32)29-13-18)6-10-21(20)28-14-22(24)31(3)30-25/h16-25,28-30,32H,4-14H2,1-3H3. The topological polar surface area (TPSA) is 83.4 Å². The Labute approximate surface area is 194 Å². The van der Waals surface area contributed by atoms with Crippen molar-refractivity contribution in [2.75, 3.05) is 20.1 Å². The lowest BCUT2D eigenvalue weighted by molar-refractivity contribution is 0.0217. The summed E-state index contributed by atoms with van der Waals surface area (Å²) >= 11 is 0. The Morgan fingerprint density at radius 3 is 2.31 bits per heavy atom. The number of likely N-dealkylation sites (N-methyl/N-ethyl adjacent to an activating group) is 1. The Morgan fingerprint density at radius 1 is 0.906 bits per heavy atom. The second-order valence-electron chi connectivity index (χ2n) is 12.4. The maximum atomic E-state index is 9.88. The van der Waals surface area contributed by atoms with Crippen molar-refractivity contribution in [1.82, 2.24) is 21.1 Å². The van der Waals surface area contributed by atoms with Crippen molar-refractivity contribution >= 4 is 0 Å². The van der Waals surface area contributed by atoms with Crippen LogP contribution in [-0.2, 0) is 0 Å². The van der Waals surface area contributed by atoms with E-state index in [1.165, 1.54) is 51.4 Å². The third kappa shape index (κ3) is 4.25. The second-order valence-corrected chi connectivity index (χ2v) is 12.4. The van der Waals surface area contributed by atoms with Crippen LogP contribution in [-0.4, -0.2) is 54.6 Å². The summed E-state index contributed by atoms with van der Waals surface area (Å²) in [7, 11) is 2.26. The number of rotatable bonds is 3. The maximum absolute atomic E-state index is 9.88. The molecule has 32 heavy (non-hydrogen) atoms. The molecule has 5 aliphatic rings. The number of hydrogen-bond acceptors (Lipinski definition) is 6. The Bertz CT molecular complexity index is 691. The largest absolute Gasteiger partial charge is 0.379 e. The highest BCUT2D eigenvalue weighted by atomic mass is 16.3. The maximum Gasteiger partial charge on any atom is 0.104 e. The molecule has 0 bridgehead atoms. The van der Waals surface area contributed by atoms with Gasteiger partial charge in [-0.2, -0.15) is 5.26 Å². The molecule has 8 unspecified atom stereocenters. The van der Waals surface area contributed by atoms with E-state index in [2.05, 4.69) is 48.0 Å². The number of hydrogen-bond donors (Lipinski definition) is 4. The number of piperidine rings is 2. The predicted molar refractivity (Wildman–Crippen MR) is 126 cm³/mol. The normalized spacial score (nSPS) is 48.0. The molecule has 0 spiro atoms. The third-order valence-corrected chi connectivity index (χ3v) is 10.4. The molecule has 4 N–H and O–H groups in total. The van der Waals surface area contributed by atoms with Crippen molar-refractivity contribution in [2.24, 2.45) is 40.9 Å². The quantitative estimate of drug-likeness (QED) is 0.537. The third-order valence-electron chi connectivity index (χ3n) is 10.4. The first kappa shape index (κ1) is 23.1. The average molecular weight is 444 g/mol. The Hall–Kier alpha value is -0.710. The Morgan fingerprint density at radius 2 is 1.62 bits per heavy atom. The van der Waals surface area contributed by atoms with Gasteiger partial charge in [-0.1, -0.05) is 0 Å². The van der Waals surface area contributed by atoms with Crippen LogP contribution in [0.5, 0.6) is 0 Å². The van der Waals surface area contributed by atoms with E-state index >= 15 is 0 Å². The van der Waals surface area contributed by atoms with E-state index in [1.54, 1.807) is 0 Å². The minimum Gasteiger partial charge on any atom is -0.379 e. The fourth-order valence-corrected chi connectivity index (χ4v) is 8.33. The van der Waals surface area contributed by atoms with E-state index in [9.17, 15) is 10.4 Å². The van der Waals surface area contributed by atoms with Crippen LogP contribution >= 0.6 is 0 Å². The molecule has 0 aromatic heterocycles. The van der Waals surface area contributed by atoms with Gasteiger partial charge in [-0.3, -0.25) is 10.7 Å². The zero-order chi connectivity index (χ0) is 22.5. The molecule has 5 rings (SSSR count). The number of nitriles is 1. The van der Waals surface area contributed by atoms with E-state index < -0.39 is 0 Å². The number of nitrogens with one attached hydrogen (secondary N) is 3. The first-order valence-electron chi connectivity index (χ1n) is 13.4. The van der Waals surface area contributed by atoms with Crippen molar-refractivity contribution in [3.63, 3.8) is 0 Å². The highest BCUT2D eigenvalue weighted by Crippen LogP contribution is 2.49. The van der Waals surface area contributed by atoms with Gasteiger partial charge < -0.3 is 10.4 Å². The molecule has 3 saturated heterocycles. The zero-order valence-electron chi connectivity index (χ0n) is 20.4. The van der Waals surface area contributed by atoms with Gasteiger partial charge in [0.15, 0.2) is 0 Å². The Kier molecular flexibility index (Phi) is 6.59. The number of fused-ring (bicyclic) bond motifs is 3. The highest BCUT2D eigenvalue weighted by molar-refractivity contribution is 5.08. The van der Waals surface area contributed by atoms with Gasteiger partial charge >= 0.3 is 0 Å². The molecule has 3 heterocycles. The predicted octanol–water partition coefficient (Wildman–Crippen LogP) is 2.85. The monoisotopic (exact) mass is 443 g/mol. The van der Waals surface area contributed by atoms with Crippen LogP contribution in [0.15, 0.2) is 0 Å². The molecule has 5 fully saturated rings. The molecule has 180 valence electrons. The van der Waals surface area contributed by atoms with Gasteiger partial charge in [0.05, 0.1) is 11.5 Å². The van der Waals surface area contributed by atoms with Crippen LogP contribution in [0, 0.1) is 52.3 Å². The molecule has 0 amide bonds. The Balaban J connectivity index is 1.28. The summed E-state index contributed by atoms with van der Waals surface area (Å²) < 4.78 is 0. The number of nitrogens with zero attached hydrogens (tertiary/aromatic N) is 2. The summed E-state index contributed by atoms with van der Waals surface area (Å²) in [5.74, 6) is 4.32. The molecule has 0 aromatic carbocycles. The molecule has 2 saturated carbocycles. The summed E-state index contributed by atoms with van der Waals surface area (Å²) in [6.07, 6.45) is 10.8. The molecule has 8 atom stereocenters. The fourth-order valence-electron chi connectivity index (χ4n) is 8.33. The van der Waals surface area contributed by atoms with Crippen LogP contribution in [0.1, 0.15) is 71.6 Å². The van der Waals surface area contributed by atoms with E-state index in [0.29, 0.717) is 24.0 Å². The highest BCUT2D eigenvalue weighted by Gasteiger charge is 2.53. The van der Waals surface area contributed by atoms with Crippen molar-refractivity contribution < 1.29 is 5.11 Å². The van der Waals surface area contributed by atoms with Gasteiger partial charge in [0.2, 0.25) is 0 Å².